The van der Waals surface area contributed by atoms with Crippen molar-refractivity contribution in [1.29, 1.82) is 0 Å². The van der Waals surface area contributed by atoms with E-state index in [1.807, 2.05) is 6.92 Å². The van der Waals surface area contributed by atoms with Gasteiger partial charge in [-0.25, -0.2) is 0 Å². The molecule has 1 saturated heterocycles. The van der Waals surface area contributed by atoms with Gasteiger partial charge < -0.3 is 15.7 Å². The Morgan fingerprint density at radius 1 is 1.42 bits per heavy atom. The van der Waals surface area contributed by atoms with E-state index in [-0.39, 0.29) is 18.3 Å². The van der Waals surface area contributed by atoms with E-state index in [0.717, 1.165) is 25.9 Å². The Bertz CT molecular complexity index is 246. The monoisotopic (exact) mass is 292 g/mol. The average molecular weight is 293 g/mol. The molecule has 1 rings (SSSR count). The van der Waals surface area contributed by atoms with Crippen LogP contribution in [0, 0.1) is 11.8 Å². The Morgan fingerprint density at radius 3 is 2.63 bits per heavy atom. The molecule has 4 nitrogen and oxygen atoms in total. The predicted octanol–water partition coefficient (Wildman–Crippen LogP) is 1.71. The van der Waals surface area contributed by atoms with Crippen molar-refractivity contribution in [3.05, 3.63) is 0 Å². The number of carbonyl (C=O) groups is 1. The van der Waals surface area contributed by atoms with Crippen LogP contribution in [0.3, 0.4) is 0 Å². The molecule has 1 aliphatic heterocycles. The lowest BCUT2D eigenvalue weighted by Crippen LogP contribution is -2.35. The summed E-state index contributed by atoms with van der Waals surface area (Å²) in [6, 6.07) is 0. The first-order chi connectivity index (χ1) is 8.63. The van der Waals surface area contributed by atoms with Crippen LogP contribution < -0.4 is 10.6 Å². The fraction of sp³-hybridized carbons (Fsp3) is 0.929. The van der Waals surface area contributed by atoms with Crippen molar-refractivity contribution in [3.8, 4) is 0 Å². The summed E-state index contributed by atoms with van der Waals surface area (Å²) in [5, 5.41) is 15.7. The predicted molar refractivity (Wildman–Crippen MR) is 80.5 cm³/mol. The SMILES string of the molecule is CCCC(O)CNC(=O)CC(C)C1CCNCC1.Cl. The lowest BCUT2D eigenvalue weighted by molar-refractivity contribution is -0.122. The quantitative estimate of drug-likeness (QED) is 0.669. The summed E-state index contributed by atoms with van der Waals surface area (Å²) in [5.41, 5.74) is 0. The van der Waals surface area contributed by atoms with E-state index < -0.39 is 6.10 Å². The molecule has 2 unspecified atom stereocenters. The van der Waals surface area contributed by atoms with Gasteiger partial charge >= 0.3 is 0 Å². The fourth-order valence-electron chi connectivity index (χ4n) is 2.61. The van der Waals surface area contributed by atoms with Gasteiger partial charge in [0.15, 0.2) is 0 Å². The fourth-order valence-corrected chi connectivity index (χ4v) is 2.61. The largest absolute Gasteiger partial charge is 0.391 e. The molecule has 0 radical (unpaired) electrons. The molecule has 0 bridgehead atoms. The third-order valence-corrected chi connectivity index (χ3v) is 3.85. The van der Waals surface area contributed by atoms with Crippen molar-refractivity contribution in [2.45, 2.75) is 52.1 Å². The second-order valence-corrected chi connectivity index (χ2v) is 5.52. The first-order valence-corrected chi connectivity index (χ1v) is 7.29. The zero-order valence-corrected chi connectivity index (χ0v) is 13.0. The smallest absolute Gasteiger partial charge is 0.220 e. The summed E-state index contributed by atoms with van der Waals surface area (Å²) >= 11 is 0. The molecule has 1 fully saturated rings. The Balaban J connectivity index is 0.00000324. The highest BCUT2D eigenvalue weighted by atomic mass is 35.5. The van der Waals surface area contributed by atoms with Crippen LogP contribution in [0.15, 0.2) is 0 Å². The number of amides is 1. The molecule has 0 saturated carbocycles. The van der Waals surface area contributed by atoms with Crippen molar-refractivity contribution in [2.24, 2.45) is 11.8 Å². The van der Waals surface area contributed by atoms with Crippen LogP contribution >= 0.6 is 12.4 Å². The molecule has 5 heteroatoms. The second kappa shape index (κ2) is 10.5. The lowest BCUT2D eigenvalue weighted by Gasteiger charge is -2.28. The maximum Gasteiger partial charge on any atom is 0.220 e. The van der Waals surface area contributed by atoms with Gasteiger partial charge in [0.1, 0.15) is 0 Å². The number of aliphatic hydroxyl groups is 1. The molecule has 0 aromatic carbocycles. The van der Waals surface area contributed by atoms with E-state index in [4.69, 9.17) is 0 Å². The van der Waals surface area contributed by atoms with Gasteiger partial charge in [-0.1, -0.05) is 20.3 Å². The van der Waals surface area contributed by atoms with Crippen LogP contribution in [0.25, 0.3) is 0 Å². The maximum atomic E-state index is 11.8. The highest BCUT2D eigenvalue weighted by Crippen LogP contribution is 2.24. The van der Waals surface area contributed by atoms with Crippen LogP contribution in [0.5, 0.6) is 0 Å². The summed E-state index contributed by atoms with van der Waals surface area (Å²) < 4.78 is 0. The van der Waals surface area contributed by atoms with E-state index in [0.29, 0.717) is 24.8 Å². The van der Waals surface area contributed by atoms with Crippen LogP contribution in [0.1, 0.15) is 46.0 Å². The Morgan fingerprint density at radius 2 is 2.05 bits per heavy atom. The molecular weight excluding hydrogens is 264 g/mol. The third-order valence-electron chi connectivity index (χ3n) is 3.85. The molecule has 1 amide bonds. The third kappa shape index (κ3) is 7.75. The molecule has 2 atom stereocenters. The zero-order chi connectivity index (χ0) is 13.4. The summed E-state index contributed by atoms with van der Waals surface area (Å²) in [5.74, 6) is 1.18. The van der Waals surface area contributed by atoms with E-state index in [9.17, 15) is 9.90 Å². The van der Waals surface area contributed by atoms with Crippen LogP contribution in [-0.2, 0) is 4.79 Å². The van der Waals surface area contributed by atoms with Gasteiger partial charge in [0, 0.05) is 13.0 Å². The minimum absolute atomic E-state index is 0. The van der Waals surface area contributed by atoms with Crippen molar-refractivity contribution >= 4 is 18.3 Å². The summed E-state index contributed by atoms with van der Waals surface area (Å²) in [6.45, 7) is 6.74. The van der Waals surface area contributed by atoms with Crippen LogP contribution in [-0.4, -0.2) is 36.8 Å². The first-order valence-electron chi connectivity index (χ1n) is 7.29. The Kier molecular flexibility index (Phi) is 10.3. The van der Waals surface area contributed by atoms with E-state index in [1.165, 1.54) is 12.8 Å². The van der Waals surface area contributed by atoms with Gasteiger partial charge in [0.2, 0.25) is 5.91 Å². The Labute approximate surface area is 123 Å². The molecule has 0 aliphatic carbocycles. The topological polar surface area (TPSA) is 61.4 Å². The van der Waals surface area contributed by atoms with Gasteiger partial charge in [0.25, 0.3) is 0 Å². The molecule has 1 aliphatic rings. The molecule has 114 valence electrons. The first kappa shape index (κ1) is 18.7. The second-order valence-electron chi connectivity index (χ2n) is 5.52. The highest BCUT2D eigenvalue weighted by Gasteiger charge is 2.22. The molecule has 0 aromatic rings. The minimum atomic E-state index is -0.395. The minimum Gasteiger partial charge on any atom is -0.391 e. The number of halogens is 1. The van der Waals surface area contributed by atoms with E-state index in [1.54, 1.807) is 0 Å². The van der Waals surface area contributed by atoms with Gasteiger partial charge in [-0.2, -0.15) is 0 Å². The maximum absolute atomic E-state index is 11.8. The molecule has 0 spiro atoms. The lowest BCUT2D eigenvalue weighted by atomic mass is 9.84. The molecular formula is C14H29ClN2O2. The molecule has 0 aromatic heterocycles. The number of piperidine rings is 1. The number of carbonyl (C=O) groups excluding carboxylic acids is 1. The number of nitrogens with one attached hydrogen (secondary N) is 2. The molecule has 1 heterocycles. The van der Waals surface area contributed by atoms with Gasteiger partial charge in [-0.3, -0.25) is 4.79 Å². The van der Waals surface area contributed by atoms with Crippen LogP contribution in [0.2, 0.25) is 0 Å². The van der Waals surface area contributed by atoms with Crippen molar-refractivity contribution in [3.63, 3.8) is 0 Å². The van der Waals surface area contributed by atoms with Crippen molar-refractivity contribution in [1.82, 2.24) is 10.6 Å². The molecule has 3 N–H and O–H groups in total. The van der Waals surface area contributed by atoms with Gasteiger partial charge in [-0.15, -0.1) is 12.4 Å². The number of rotatable bonds is 7. The highest BCUT2D eigenvalue weighted by molar-refractivity contribution is 5.85. The van der Waals surface area contributed by atoms with Gasteiger partial charge in [-0.05, 0) is 44.2 Å². The standard InChI is InChI=1S/C14H28N2O2.ClH/c1-3-4-13(17)10-16-14(18)9-11(2)12-5-7-15-8-6-12;/h11-13,15,17H,3-10H2,1-2H3,(H,16,18);1H. The summed E-state index contributed by atoms with van der Waals surface area (Å²) in [6.07, 6.45) is 4.24. The normalized spacial score (nSPS) is 19.3. The number of hydrogen-bond acceptors (Lipinski definition) is 3. The van der Waals surface area contributed by atoms with E-state index in [2.05, 4.69) is 17.6 Å². The van der Waals surface area contributed by atoms with Crippen molar-refractivity contribution < 1.29 is 9.90 Å². The van der Waals surface area contributed by atoms with Gasteiger partial charge in [0.05, 0.1) is 6.10 Å². The molecule has 19 heavy (non-hydrogen) atoms. The zero-order valence-electron chi connectivity index (χ0n) is 12.2. The van der Waals surface area contributed by atoms with E-state index >= 15 is 0 Å². The summed E-state index contributed by atoms with van der Waals surface area (Å²) in [7, 11) is 0. The number of aliphatic hydroxyl groups excluding tert-OH is 1. The van der Waals surface area contributed by atoms with Crippen molar-refractivity contribution in [2.75, 3.05) is 19.6 Å². The summed E-state index contributed by atoms with van der Waals surface area (Å²) in [4.78, 5) is 11.8. The average Bonchev–Trinajstić information content (AvgIpc) is 2.38. The Hall–Kier alpha value is -0.320. The van der Waals surface area contributed by atoms with Crippen LogP contribution in [0.4, 0.5) is 0 Å². The number of hydrogen-bond donors (Lipinski definition) is 3.